The maximum atomic E-state index is 11.4. The second-order valence-electron chi connectivity index (χ2n) is 4.24. The van der Waals surface area contributed by atoms with Crippen molar-refractivity contribution in [2.45, 2.75) is 12.5 Å². The van der Waals surface area contributed by atoms with Gasteiger partial charge in [-0.2, -0.15) is 0 Å². The van der Waals surface area contributed by atoms with Crippen molar-refractivity contribution < 1.29 is 19.8 Å². The van der Waals surface area contributed by atoms with Crippen molar-refractivity contribution >= 4 is 12.0 Å². The zero-order valence-corrected chi connectivity index (χ0v) is 10.8. The number of hydrogen-bond donors (Lipinski definition) is 4. The minimum absolute atomic E-state index is 0.105. The normalized spacial score (nSPS) is 11.9. The second-order valence-corrected chi connectivity index (χ2v) is 4.24. The van der Waals surface area contributed by atoms with E-state index in [2.05, 4.69) is 10.7 Å². The number of amides is 2. The van der Waals surface area contributed by atoms with Gasteiger partial charge in [-0.1, -0.05) is 12.1 Å². The molecule has 104 valence electrons. The number of benzene rings is 1. The summed E-state index contributed by atoms with van der Waals surface area (Å²) in [4.78, 5) is 22.5. The molecular formula is C12H17N3O4. The largest absolute Gasteiger partial charge is 0.508 e. The first-order chi connectivity index (χ1) is 8.88. The average molecular weight is 267 g/mol. The monoisotopic (exact) mass is 267 g/mol. The highest BCUT2D eigenvalue weighted by Crippen LogP contribution is 2.11. The molecule has 0 aliphatic carbocycles. The molecule has 0 bridgehead atoms. The Bertz CT molecular complexity index is 445. The van der Waals surface area contributed by atoms with Gasteiger partial charge in [0.15, 0.2) is 0 Å². The first-order valence-electron chi connectivity index (χ1n) is 5.63. The Morgan fingerprint density at radius 3 is 2.32 bits per heavy atom. The predicted molar refractivity (Wildman–Crippen MR) is 68.6 cm³/mol. The average Bonchev–Trinajstić information content (AvgIpc) is 2.29. The molecule has 1 atom stereocenters. The molecule has 1 aromatic rings. The topological polar surface area (TPSA) is 102 Å². The number of aromatic hydroxyl groups is 1. The number of nitrogens with zero attached hydrogens (tertiary/aromatic N) is 1. The molecule has 7 heteroatoms. The molecule has 0 fully saturated rings. The number of hydrazine groups is 1. The molecule has 0 aliphatic rings. The summed E-state index contributed by atoms with van der Waals surface area (Å²) >= 11 is 0. The van der Waals surface area contributed by atoms with Crippen molar-refractivity contribution in [2.24, 2.45) is 0 Å². The van der Waals surface area contributed by atoms with E-state index in [9.17, 15) is 9.59 Å². The van der Waals surface area contributed by atoms with Crippen LogP contribution in [0, 0.1) is 0 Å². The highest BCUT2D eigenvalue weighted by molar-refractivity contribution is 5.82. The number of carboxylic acids is 1. The molecule has 0 aromatic heterocycles. The third-order valence-corrected chi connectivity index (χ3v) is 2.30. The Labute approximate surface area is 110 Å². The van der Waals surface area contributed by atoms with Gasteiger partial charge in [-0.05, 0) is 17.7 Å². The lowest BCUT2D eigenvalue weighted by molar-refractivity contribution is -0.139. The molecule has 0 saturated heterocycles. The third-order valence-electron chi connectivity index (χ3n) is 2.30. The lowest BCUT2D eigenvalue weighted by Gasteiger charge is -2.17. The number of hydrogen-bond acceptors (Lipinski definition) is 4. The number of aliphatic carboxylic acids is 1. The summed E-state index contributed by atoms with van der Waals surface area (Å²) in [6, 6.07) is 4.52. The first-order valence-corrected chi connectivity index (χ1v) is 5.63. The number of urea groups is 1. The van der Waals surface area contributed by atoms with E-state index in [4.69, 9.17) is 10.2 Å². The molecule has 4 N–H and O–H groups in total. The molecule has 0 heterocycles. The van der Waals surface area contributed by atoms with Gasteiger partial charge >= 0.3 is 12.0 Å². The quantitative estimate of drug-likeness (QED) is 0.569. The van der Waals surface area contributed by atoms with Crippen molar-refractivity contribution in [3.05, 3.63) is 29.8 Å². The predicted octanol–water partition coefficient (Wildman–Crippen LogP) is 0.164. The number of carbonyl (C=O) groups excluding carboxylic acids is 1. The van der Waals surface area contributed by atoms with E-state index in [0.29, 0.717) is 5.56 Å². The maximum Gasteiger partial charge on any atom is 0.330 e. The minimum atomic E-state index is -1.12. The summed E-state index contributed by atoms with van der Waals surface area (Å²) in [6.07, 6.45) is 0.135. The van der Waals surface area contributed by atoms with Gasteiger partial charge in [0.2, 0.25) is 0 Å². The fraction of sp³-hybridized carbons (Fsp3) is 0.333. The number of phenolic OH excluding ortho intramolecular Hbond substituents is 1. The third kappa shape index (κ3) is 5.26. The SMILES string of the molecule is CN(C)NC(=O)N[C@H](Cc1ccc(O)cc1)C(=O)O. The molecule has 0 radical (unpaired) electrons. The second kappa shape index (κ2) is 6.60. The Kier molecular flexibility index (Phi) is 5.13. The fourth-order valence-corrected chi connectivity index (χ4v) is 1.46. The standard InChI is InChI=1S/C12H17N3O4/c1-15(2)14-12(19)13-10(11(17)18)7-8-3-5-9(16)6-4-8/h3-6,10,16H,7H2,1-2H3,(H,17,18)(H2,13,14,19)/t10-/m1/s1. The first kappa shape index (κ1) is 14.8. The van der Waals surface area contributed by atoms with Gasteiger partial charge in [0.1, 0.15) is 11.8 Å². The molecule has 7 nitrogen and oxygen atoms in total. The van der Waals surface area contributed by atoms with Gasteiger partial charge in [0, 0.05) is 20.5 Å². The van der Waals surface area contributed by atoms with Crippen LogP contribution >= 0.6 is 0 Å². The van der Waals surface area contributed by atoms with Crippen LogP contribution < -0.4 is 10.7 Å². The summed E-state index contributed by atoms with van der Waals surface area (Å²) in [7, 11) is 3.24. The van der Waals surface area contributed by atoms with Gasteiger partial charge in [-0.15, -0.1) is 0 Å². The summed E-state index contributed by atoms with van der Waals surface area (Å²) < 4.78 is 0. The Morgan fingerprint density at radius 2 is 1.84 bits per heavy atom. The number of rotatable bonds is 5. The van der Waals surface area contributed by atoms with Crippen LogP contribution in [0.15, 0.2) is 24.3 Å². The van der Waals surface area contributed by atoms with E-state index in [-0.39, 0.29) is 12.2 Å². The molecule has 0 spiro atoms. The summed E-state index contributed by atoms with van der Waals surface area (Å²) in [5.74, 6) is -1.02. The molecule has 1 rings (SSSR count). The Morgan fingerprint density at radius 1 is 1.26 bits per heavy atom. The van der Waals surface area contributed by atoms with Gasteiger partial charge in [0.05, 0.1) is 0 Å². The van der Waals surface area contributed by atoms with E-state index in [1.807, 2.05) is 0 Å². The molecule has 1 aromatic carbocycles. The minimum Gasteiger partial charge on any atom is -0.508 e. The van der Waals surface area contributed by atoms with Crippen LogP contribution in [0.4, 0.5) is 4.79 Å². The summed E-state index contributed by atoms with van der Waals surface area (Å²) in [5.41, 5.74) is 3.11. The Balaban J connectivity index is 2.65. The van der Waals surface area contributed by atoms with Crippen LogP contribution in [0.25, 0.3) is 0 Å². The van der Waals surface area contributed by atoms with Crippen LogP contribution in [0.1, 0.15) is 5.56 Å². The number of carbonyl (C=O) groups is 2. The molecule has 19 heavy (non-hydrogen) atoms. The molecular weight excluding hydrogens is 250 g/mol. The van der Waals surface area contributed by atoms with Gasteiger partial charge in [-0.25, -0.2) is 14.6 Å². The van der Waals surface area contributed by atoms with E-state index in [0.717, 1.165) is 0 Å². The van der Waals surface area contributed by atoms with Gasteiger partial charge in [0.25, 0.3) is 0 Å². The fourth-order valence-electron chi connectivity index (χ4n) is 1.46. The van der Waals surface area contributed by atoms with Crippen LogP contribution in [-0.4, -0.2) is 47.4 Å². The maximum absolute atomic E-state index is 11.4. The van der Waals surface area contributed by atoms with Crippen LogP contribution in [0.3, 0.4) is 0 Å². The van der Waals surface area contributed by atoms with E-state index in [1.165, 1.54) is 17.1 Å². The van der Waals surface area contributed by atoms with E-state index in [1.54, 1.807) is 26.2 Å². The number of nitrogens with one attached hydrogen (secondary N) is 2. The smallest absolute Gasteiger partial charge is 0.330 e. The molecule has 2 amide bonds. The lowest BCUT2D eigenvalue weighted by Crippen LogP contribution is -2.50. The highest BCUT2D eigenvalue weighted by atomic mass is 16.4. The zero-order chi connectivity index (χ0) is 14.4. The van der Waals surface area contributed by atoms with Gasteiger partial charge < -0.3 is 15.5 Å². The lowest BCUT2D eigenvalue weighted by atomic mass is 10.1. The van der Waals surface area contributed by atoms with Crippen molar-refractivity contribution in [2.75, 3.05) is 14.1 Å². The van der Waals surface area contributed by atoms with E-state index < -0.39 is 18.0 Å². The van der Waals surface area contributed by atoms with E-state index >= 15 is 0 Å². The highest BCUT2D eigenvalue weighted by Gasteiger charge is 2.20. The molecule has 0 saturated carbocycles. The molecule has 0 aliphatic heterocycles. The summed E-state index contributed by atoms with van der Waals surface area (Å²) in [6.45, 7) is 0. The summed E-state index contributed by atoms with van der Waals surface area (Å²) in [5, 5.41) is 22.0. The van der Waals surface area contributed by atoms with Crippen LogP contribution in [0.2, 0.25) is 0 Å². The van der Waals surface area contributed by atoms with Crippen molar-refractivity contribution in [1.82, 2.24) is 15.8 Å². The Hall–Kier alpha value is -2.28. The molecule has 0 unspecified atom stereocenters. The van der Waals surface area contributed by atoms with Crippen molar-refractivity contribution in [3.8, 4) is 5.75 Å². The van der Waals surface area contributed by atoms with Gasteiger partial charge in [-0.3, -0.25) is 5.43 Å². The number of carboxylic acid groups (broad SMARTS) is 1. The zero-order valence-electron chi connectivity index (χ0n) is 10.8. The van der Waals surface area contributed by atoms with Crippen molar-refractivity contribution in [1.29, 1.82) is 0 Å². The van der Waals surface area contributed by atoms with Crippen LogP contribution in [-0.2, 0) is 11.2 Å². The van der Waals surface area contributed by atoms with Crippen LogP contribution in [0.5, 0.6) is 5.75 Å². The van der Waals surface area contributed by atoms with Crippen molar-refractivity contribution in [3.63, 3.8) is 0 Å². The number of phenols is 1.